The summed E-state index contributed by atoms with van der Waals surface area (Å²) >= 11 is 0. The summed E-state index contributed by atoms with van der Waals surface area (Å²) in [4.78, 5) is 19.4. The lowest BCUT2D eigenvalue weighted by Crippen LogP contribution is -2.49. The lowest BCUT2D eigenvalue weighted by atomic mass is 9.86. The third-order valence-electron chi connectivity index (χ3n) is 7.05. The predicted octanol–water partition coefficient (Wildman–Crippen LogP) is 4.44. The van der Waals surface area contributed by atoms with Gasteiger partial charge in [-0.25, -0.2) is 4.79 Å². The maximum atomic E-state index is 12.6. The quantitative estimate of drug-likeness (QED) is 0.630. The molecule has 1 heterocycles. The summed E-state index contributed by atoms with van der Waals surface area (Å²) in [6.45, 7) is 12.2. The number of ether oxygens (including phenoxy) is 1. The number of hydrogen-bond acceptors (Lipinski definition) is 3. The Kier molecular flexibility index (Phi) is 8.43. The summed E-state index contributed by atoms with van der Waals surface area (Å²) in [5, 5.41) is 0. The van der Waals surface area contributed by atoms with Crippen molar-refractivity contribution < 1.29 is 9.53 Å². The van der Waals surface area contributed by atoms with E-state index in [1.807, 2.05) is 4.90 Å². The van der Waals surface area contributed by atoms with Crippen molar-refractivity contribution in [1.29, 1.82) is 0 Å². The van der Waals surface area contributed by atoms with Crippen LogP contribution in [0.5, 0.6) is 5.75 Å². The number of urea groups is 1. The first kappa shape index (κ1) is 22.9. The first-order valence-electron chi connectivity index (χ1n) is 12.0. The number of carbonyl (C=O) groups is 1. The standard InChI is InChI=1S/C25H41N3O2/c1-5-14-28(23-10-8-21-9-11-24(30-4)18-22(21)17-23)19-20-12-15-27(16-13-20)25(29)26(6-2)7-3/h9,11,18,20,23H,5-8,10,12-17,19H2,1-4H3. The molecule has 0 N–H and O–H groups in total. The van der Waals surface area contributed by atoms with Crippen LogP contribution in [0.4, 0.5) is 4.79 Å². The molecule has 1 aliphatic carbocycles. The van der Waals surface area contributed by atoms with E-state index in [0.29, 0.717) is 12.0 Å². The molecule has 2 amide bonds. The summed E-state index contributed by atoms with van der Waals surface area (Å²) in [5.41, 5.74) is 2.96. The molecule has 1 atom stereocenters. The summed E-state index contributed by atoms with van der Waals surface area (Å²) in [5.74, 6) is 1.67. The van der Waals surface area contributed by atoms with Crippen LogP contribution in [0.3, 0.4) is 0 Å². The second kappa shape index (κ2) is 11.0. The first-order valence-corrected chi connectivity index (χ1v) is 12.0. The Morgan fingerprint density at radius 1 is 1.10 bits per heavy atom. The zero-order valence-electron chi connectivity index (χ0n) is 19.5. The molecular weight excluding hydrogens is 374 g/mol. The number of likely N-dealkylation sites (tertiary alicyclic amines) is 1. The summed E-state index contributed by atoms with van der Waals surface area (Å²) < 4.78 is 5.46. The summed E-state index contributed by atoms with van der Waals surface area (Å²) in [6.07, 6.45) is 7.00. The molecule has 0 bridgehead atoms. The molecule has 0 aromatic heterocycles. The number of nitrogens with zero attached hydrogens (tertiary/aromatic N) is 3. The van der Waals surface area contributed by atoms with E-state index < -0.39 is 0 Å². The van der Waals surface area contributed by atoms with Crippen LogP contribution in [0.2, 0.25) is 0 Å². The smallest absolute Gasteiger partial charge is 0.319 e. The molecule has 3 rings (SSSR count). The Hall–Kier alpha value is -1.75. The largest absolute Gasteiger partial charge is 0.497 e. The number of methoxy groups -OCH3 is 1. The number of benzene rings is 1. The molecular formula is C25H41N3O2. The Balaban J connectivity index is 1.57. The van der Waals surface area contributed by atoms with Crippen molar-refractivity contribution in [1.82, 2.24) is 14.7 Å². The first-order chi connectivity index (χ1) is 14.6. The molecule has 5 nitrogen and oxygen atoms in total. The zero-order valence-corrected chi connectivity index (χ0v) is 19.5. The Labute approximate surface area is 183 Å². The Bertz CT molecular complexity index is 681. The average Bonchev–Trinajstić information content (AvgIpc) is 2.79. The van der Waals surface area contributed by atoms with E-state index in [1.54, 1.807) is 7.11 Å². The van der Waals surface area contributed by atoms with E-state index in [0.717, 1.165) is 51.2 Å². The van der Waals surface area contributed by atoms with Gasteiger partial charge in [-0.05, 0) is 88.1 Å². The van der Waals surface area contributed by atoms with Crippen molar-refractivity contribution >= 4 is 6.03 Å². The van der Waals surface area contributed by atoms with Crippen molar-refractivity contribution in [2.45, 2.75) is 65.3 Å². The van der Waals surface area contributed by atoms with E-state index in [1.165, 1.54) is 43.5 Å². The van der Waals surface area contributed by atoms with Gasteiger partial charge in [-0.2, -0.15) is 0 Å². The second-order valence-electron chi connectivity index (χ2n) is 8.91. The molecule has 0 saturated carbocycles. The van der Waals surface area contributed by atoms with Gasteiger partial charge in [0.25, 0.3) is 0 Å². The van der Waals surface area contributed by atoms with Crippen LogP contribution in [-0.4, -0.2) is 73.2 Å². The van der Waals surface area contributed by atoms with Crippen LogP contribution < -0.4 is 4.74 Å². The van der Waals surface area contributed by atoms with Gasteiger partial charge < -0.3 is 14.5 Å². The molecule has 1 saturated heterocycles. The van der Waals surface area contributed by atoms with Gasteiger partial charge in [-0.1, -0.05) is 13.0 Å². The minimum absolute atomic E-state index is 0.224. The molecule has 1 aliphatic heterocycles. The minimum atomic E-state index is 0.224. The highest BCUT2D eigenvalue weighted by Gasteiger charge is 2.29. The lowest BCUT2D eigenvalue weighted by molar-refractivity contribution is 0.105. The second-order valence-corrected chi connectivity index (χ2v) is 8.91. The predicted molar refractivity (Wildman–Crippen MR) is 123 cm³/mol. The monoisotopic (exact) mass is 415 g/mol. The zero-order chi connectivity index (χ0) is 21.5. The molecule has 1 aromatic carbocycles. The van der Waals surface area contributed by atoms with Gasteiger partial charge in [0, 0.05) is 38.8 Å². The number of rotatable bonds is 8. The van der Waals surface area contributed by atoms with Gasteiger partial charge in [0.15, 0.2) is 0 Å². The maximum Gasteiger partial charge on any atom is 0.319 e. The van der Waals surface area contributed by atoms with E-state index >= 15 is 0 Å². The van der Waals surface area contributed by atoms with Crippen molar-refractivity contribution in [2.24, 2.45) is 5.92 Å². The summed E-state index contributed by atoms with van der Waals surface area (Å²) in [6, 6.07) is 7.43. The SMILES string of the molecule is CCCN(CC1CCN(C(=O)N(CC)CC)CC1)C1CCc2ccc(OC)cc2C1. The topological polar surface area (TPSA) is 36.0 Å². The highest BCUT2D eigenvalue weighted by Crippen LogP contribution is 2.29. The van der Waals surface area contributed by atoms with E-state index in [4.69, 9.17) is 4.74 Å². The van der Waals surface area contributed by atoms with Crippen molar-refractivity contribution in [3.63, 3.8) is 0 Å². The lowest BCUT2D eigenvalue weighted by Gasteiger charge is -2.40. The van der Waals surface area contributed by atoms with E-state index in [2.05, 4.69) is 48.8 Å². The van der Waals surface area contributed by atoms with Crippen molar-refractivity contribution in [2.75, 3.05) is 46.4 Å². The van der Waals surface area contributed by atoms with E-state index in [-0.39, 0.29) is 6.03 Å². The van der Waals surface area contributed by atoms with Crippen LogP contribution in [-0.2, 0) is 12.8 Å². The molecule has 30 heavy (non-hydrogen) atoms. The number of amides is 2. The normalized spacial score (nSPS) is 19.6. The van der Waals surface area contributed by atoms with Crippen molar-refractivity contribution in [3.8, 4) is 5.75 Å². The minimum Gasteiger partial charge on any atom is -0.497 e. The van der Waals surface area contributed by atoms with Gasteiger partial charge in [-0.15, -0.1) is 0 Å². The van der Waals surface area contributed by atoms with Gasteiger partial charge in [-0.3, -0.25) is 4.90 Å². The fourth-order valence-electron chi connectivity index (χ4n) is 5.20. The maximum absolute atomic E-state index is 12.6. The Morgan fingerprint density at radius 2 is 1.83 bits per heavy atom. The van der Waals surface area contributed by atoms with E-state index in [9.17, 15) is 4.79 Å². The molecule has 0 spiro atoms. The van der Waals surface area contributed by atoms with Crippen molar-refractivity contribution in [3.05, 3.63) is 29.3 Å². The van der Waals surface area contributed by atoms with Gasteiger partial charge in [0.2, 0.25) is 0 Å². The van der Waals surface area contributed by atoms with Crippen LogP contribution in [0, 0.1) is 5.92 Å². The van der Waals surface area contributed by atoms with Gasteiger partial charge >= 0.3 is 6.03 Å². The molecule has 1 unspecified atom stereocenters. The number of carbonyl (C=O) groups excluding carboxylic acids is 1. The number of fused-ring (bicyclic) bond motifs is 1. The number of piperidine rings is 1. The molecule has 0 radical (unpaired) electrons. The number of aryl methyl sites for hydroxylation is 1. The van der Waals surface area contributed by atoms with Gasteiger partial charge in [0.1, 0.15) is 5.75 Å². The fourth-order valence-corrected chi connectivity index (χ4v) is 5.20. The summed E-state index contributed by atoms with van der Waals surface area (Å²) in [7, 11) is 1.75. The molecule has 1 aromatic rings. The van der Waals surface area contributed by atoms with Crippen LogP contribution >= 0.6 is 0 Å². The molecule has 168 valence electrons. The highest BCUT2D eigenvalue weighted by molar-refractivity contribution is 5.74. The average molecular weight is 416 g/mol. The van der Waals surface area contributed by atoms with Crippen LogP contribution in [0.1, 0.15) is 57.6 Å². The van der Waals surface area contributed by atoms with Crippen LogP contribution in [0.25, 0.3) is 0 Å². The fraction of sp³-hybridized carbons (Fsp3) is 0.720. The number of hydrogen-bond donors (Lipinski definition) is 0. The highest BCUT2D eigenvalue weighted by atomic mass is 16.5. The third-order valence-corrected chi connectivity index (χ3v) is 7.05. The molecule has 1 fully saturated rings. The molecule has 2 aliphatic rings. The van der Waals surface area contributed by atoms with Crippen LogP contribution in [0.15, 0.2) is 18.2 Å². The third kappa shape index (κ3) is 5.48. The Morgan fingerprint density at radius 3 is 2.47 bits per heavy atom. The molecule has 5 heteroatoms. The van der Waals surface area contributed by atoms with Gasteiger partial charge in [0.05, 0.1) is 7.11 Å².